The van der Waals surface area contributed by atoms with E-state index in [0.29, 0.717) is 17.7 Å². The summed E-state index contributed by atoms with van der Waals surface area (Å²) in [5.41, 5.74) is -1.19. The summed E-state index contributed by atoms with van der Waals surface area (Å²) in [7, 11) is 1.46. The van der Waals surface area contributed by atoms with Gasteiger partial charge in [-0.15, -0.1) is 0 Å². The first-order chi connectivity index (χ1) is 12.8. The van der Waals surface area contributed by atoms with Gasteiger partial charge in [-0.05, 0) is 25.5 Å². The Balaban J connectivity index is 2.05. The van der Waals surface area contributed by atoms with Crippen LogP contribution in [-0.2, 0) is 14.4 Å². The lowest BCUT2D eigenvalue weighted by molar-refractivity contribution is -0.735. The quantitative estimate of drug-likeness (QED) is 0.609. The van der Waals surface area contributed by atoms with Crippen LogP contribution < -0.4 is 15.2 Å². The number of unbranched alkanes of at least 4 members (excludes halogenated alkanes) is 1. The van der Waals surface area contributed by atoms with Crippen molar-refractivity contribution in [3.05, 3.63) is 23.8 Å². The van der Waals surface area contributed by atoms with Gasteiger partial charge in [-0.1, -0.05) is 13.3 Å². The fourth-order valence-electron chi connectivity index (χ4n) is 4.27. The maximum absolute atomic E-state index is 13.0. The zero-order valence-corrected chi connectivity index (χ0v) is 15.6. The lowest BCUT2D eigenvalue weighted by atomic mass is 9.80. The Morgan fingerprint density at radius 2 is 2.07 bits per heavy atom. The summed E-state index contributed by atoms with van der Waals surface area (Å²) in [5, 5.41) is 23.8. The zero-order valence-electron chi connectivity index (χ0n) is 15.6. The molecule has 8 heteroatoms. The number of carbonyl (C=O) groups excluding carboxylic acids is 3. The number of imide groups is 1. The van der Waals surface area contributed by atoms with Gasteiger partial charge in [0.2, 0.25) is 11.8 Å². The minimum absolute atomic E-state index is 0.107. The van der Waals surface area contributed by atoms with Crippen molar-refractivity contribution in [1.29, 1.82) is 0 Å². The first-order valence-electron chi connectivity index (χ1n) is 9.05. The van der Waals surface area contributed by atoms with Crippen LogP contribution in [0.3, 0.4) is 0 Å². The normalized spacial score (nSPS) is 29.9. The summed E-state index contributed by atoms with van der Waals surface area (Å²) < 4.78 is 5.07. The highest BCUT2D eigenvalue weighted by atomic mass is 16.5. The van der Waals surface area contributed by atoms with Crippen molar-refractivity contribution in [2.45, 2.75) is 38.3 Å². The monoisotopic (exact) mass is 376 g/mol. The van der Waals surface area contributed by atoms with Gasteiger partial charge in [0, 0.05) is 12.6 Å². The third kappa shape index (κ3) is 2.84. The van der Waals surface area contributed by atoms with E-state index in [-0.39, 0.29) is 18.2 Å². The van der Waals surface area contributed by atoms with Gasteiger partial charge in [0.05, 0.1) is 12.7 Å². The number of methoxy groups -OCH3 is 1. The van der Waals surface area contributed by atoms with E-state index in [0.717, 1.165) is 6.42 Å². The summed E-state index contributed by atoms with van der Waals surface area (Å²) in [6.45, 7) is 3.63. The number of carbonyl (C=O) groups is 3. The number of phenolic OH excluding ortho intramolecular Hbond substituents is 1. The van der Waals surface area contributed by atoms with E-state index in [1.165, 1.54) is 30.3 Å². The number of hydrogen-bond donors (Lipinski definition) is 2. The zero-order chi connectivity index (χ0) is 19.9. The number of rotatable bonds is 6. The van der Waals surface area contributed by atoms with Crippen molar-refractivity contribution < 1.29 is 34.7 Å². The van der Waals surface area contributed by atoms with E-state index in [2.05, 4.69) is 0 Å². The van der Waals surface area contributed by atoms with Crippen molar-refractivity contribution in [1.82, 2.24) is 4.90 Å². The van der Waals surface area contributed by atoms with Gasteiger partial charge in [-0.2, -0.15) is 0 Å². The number of phenols is 1. The number of amides is 2. The summed E-state index contributed by atoms with van der Waals surface area (Å²) in [6.07, 6.45) is 1.46. The Bertz CT molecular complexity index is 794. The molecule has 3 N–H and O–H groups in total. The number of hydrogen-bond acceptors (Lipinski definition) is 6. The molecule has 0 spiro atoms. The number of fused-ring (bicyclic) bond motifs is 1. The van der Waals surface area contributed by atoms with E-state index >= 15 is 0 Å². The Labute approximate surface area is 157 Å². The predicted octanol–water partition coefficient (Wildman–Crippen LogP) is -1.07. The standard InChI is InChI=1S/C19H24N2O6/c1-4-5-8-21-16(23)13-14(17(21)24)19(2,18(25)26)20-15(13)11-7-6-10(27-3)9-12(11)22/h6-7,9,13-15,20,22H,4-5,8H2,1-3H3,(H,25,26)/t13-,14-,15+,19+/m0/s1. The lowest BCUT2D eigenvalue weighted by Crippen LogP contribution is -2.98. The van der Waals surface area contributed by atoms with Crippen molar-refractivity contribution in [3.8, 4) is 11.5 Å². The second kappa shape index (κ2) is 6.84. The number of aliphatic carboxylic acids is 1. The molecule has 0 aliphatic carbocycles. The first kappa shape index (κ1) is 19.2. The Hall–Kier alpha value is -2.61. The average Bonchev–Trinajstić information content (AvgIpc) is 3.08. The highest BCUT2D eigenvalue weighted by Gasteiger charge is 2.68. The topological polar surface area (TPSA) is 124 Å². The predicted molar refractivity (Wildman–Crippen MR) is 91.3 cm³/mol. The molecule has 2 heterocycles. The third-order valence-electron chi connectivity index (χ3n) is 5.77. The van der Waals surface area contributed by atoms with Crippen LogP contribution in [0.15, 0.2) is 18.2 Å². The highest BCUT2D eigenvalue weighted by Crippen LogP contribution is 2.45. The van der Waals surface area contributed by atoms with Crippen molar-refractivity contribution >= 4 is 17.8 Å². The van der Waals surface area contributed by atoms with Crippen molar-refractivity contribution in [3.63, 3.8) is 0 Å². The smallest absolute Gasteiger partial charge is 0.240 e. The summed E-state index contributed by atoms with van der Waals surface area (Å²) in [5.74, 6) is -3.82. The molecule has 1 aromatic rings. The second-order valence-corrected chi connectivity index (χ2v) is 7.37. The Morgan fingerprint density at radius 1 is 1.37 bits per heavy atom. The molecular formula is C19H24N2O6. The van der Waals surface area contributed by atoms with Gasteiger partial charge >= 0.3 is 0 Å². The largest absolute Gasteiger partial charge is 0.544 e. The molecule has 3 rings (SSSR count). The minimum Gasteiger partial charge on any atom is -0.544 e. The van der Waals surface area contributed by atoms with E-state index in [9.17, 15) is 24.6 Å². The first-order valence-corrected chi connectivity index (χ1v) is 9.05. The minimum atomic E-state index is -1.59. The molecule has 2 amide bonds. The van der Waals surface area contributed by atoms with Gasteiger partial charge in [0.25, 0.3) is 0 Å². The SMILES string of the molecule is CCCCN1C(=O)[C@@H]2[C@@H](c3ccc(OC)cc3O)[NH2+][C@@](C)(C(=O)[O-])[C@@H]2C1=O. The van der Waals surface area contributed by atoms with Crippen LogP contribution in [0, 0.1) is 11.8 Å². The molecule has 146 valence electrons. The van der Waals surface area contributed by atoms with Crippen LogP contribution in [0.1, 0.15) is 38.3 Å². The molecule has 8 nitrogen and oxygen atoms in total. The fraction of sp³-hybridized carbons (Fsp3) is 0.526. The summed E-state index contributed by atoms with van der Waals surface area (Å²) in [6, 6.07) is 3.93. The van der Waals surface area contributed by atoms with Crippen LogP contribution >= 0.6 is 0 Å². The molecule has 2 fully saturated rings. The number of carboxylic acids is 1. The maximum Gasteiger partial charge on any atom is 0.240 e. The Morgan fingerprint density at radius 3 is 2.63 bits per heavy atom. The number of nitrogens with zero attached hydrogens (tertiary/aromatic N) is 1. The summed E-state index contributed by atoms with van der Waals surface area (Å²) in [4.78, 5) is 39.0. The summed E-state index contributed by atoms with van der Waals surface area (Å²) >= 11 is 0. The molecule has 1 aromatic carbocycles. The number of nitrogens with two attached hydrogens (primary N) is 1. The molecule has 0 radical (unpaired) electrons. The number of aromatic hydroxyl groups is 1. The third-order valence-corrected chi connectivity index (χ3v) is 5.77. The van der Waals surface area contributed by atoms with Crippen LogP contribution in [0.4, 0.5) is 0 Å². The molecule has 0 aromatic heterocycles. The van der Waals surface area contributed by atoms with E-state index in [4.69, 9.17) is 4.74 Å². The van der Waals surface area contributed by atoms with E-state index in [1.807, 2.05) is 6.92 Å². The van der Waals surface area contributed by atoms with Gasteiger partial charge in [-0.25, -0.2) is 0 Å². The van der Waals surface area contributed by atoms with Crippen LogP contribution in [0.25, 0.3) is 0 Å². The second-order valence-electron chi connectivity index (χ2n) is 7.37. The average molecular weight is 376 g/mol. The number of quaternary nitrogens is 1. The number of carboxylic acid groups (broad SMARTS) is 1. The lowest BCUT2D eigenvalue weighted by Gasteiger charge is -2.29. The highest BCUT2D eigenvalue weighted by molar-refractivity contribution is 6.08. The molecule has 0 unspecified atom stereocenters. The van der Waals surface area contributed by atoms with E-state index in [1.54, 1.807) is 12.1 Å². The fourth-order valence-corrected chi connectivity index (χ4v) is 4.27. The molecule has 2 saturated heterocycles. The van der Waals surface area contributed by atoms with Gasteiger partial charge in [0.1, 0.15) is 40.9 Å². The van der Waals surface area contributed by atoms with Crippen molar-refractivity contribution in [2.75, 3.05) is 13.7 Å². The molecule has 4 atom stereocenters. The van der Waals surface area contributed by atoms with Gasteiger partial charge < -0.3 is 25.1 Å². The van der Waals surface area contributed by atoms with Crippen LogP contribution in [0.2, 0.25) is 0 Å². The Kier molecular flexibility index (Phi) is 4.86. The maximum atomic E-state index is 13.0. The molecule has 27 heavy (non-hydrogen) atoms. The molecule has 0 saturated carbocycles. The van der Waals surface area contributed by atoms with Crippen LogP contribution in [0.5, 0.6) is 11.5 Å². The number of ether oxygens (including phenoxy) is 1. The number of benzene rings is 1. The molecule has 0 bridgehead atoms. The van der Waals surface area contributed by atoms with E-state index < -0.39 is 35.3 Å². The van der Waals surface area contributed by atoms with Crippen molar-refractivity contribution in [2.24, 2.45) is 11.8 Å². The number of likely N-dealkylation sites (tertiary alicyclic amines) is 1. The van der Waals surface area contributed by atoms with Crippen LogP contribution in [-0.4, -0.2) is 47.0 Å². The van der Waals surface area contributed by atoms with Gasteiger partial charge in [-0.3, -0.25) is 14.5 Å². The molecular weight excluding hydrogens is 352 g/mol. The molecule has 2 aliphatic heterocycles. The van der Waals surface area contributed by atoms with Gasteiger partial charge in [0.15, 0.2) is 0 Å². The molecule has 2 aliphatic rings.